The van der Waals surface area contributed by atoms with Gasteiger partial charge in [-0.05, 0) is 53.6 Å². The number of halogens is 1. The normalized spacial score (nSPS) is 18.8. The van der Waals surface area contributed by atoms with E-state index in [1.54, 1.807) is 0 Å². The third-order valence-electron chi connectivity index (χ3n) is 4.07. The quantitative estimate of drug-likeness (QED) is 0.823. The Labute approximate surface area is 135 Å². The average Bonchev–Trinajstić information content (AvgIpc) is 2.89. The molecule has 1 saturated heterocycles. The molecular formula is C15H22BrN3S. The first kappa shape index (κ1) is 15.7. The zero-order chi connectivity index (χ0) is 14.7. The monoisotopic (exact) mass is 355 g/mol. The second kappa shape index (κ2) is 6.87. The van der Waals surface area contributed by atoms with E-state index in [0.717, 1.165) is 36.2 Å². The van der Waals surface area contributed by atoms with Crippen LogP contribution in [0.5, 0.6) is 0 Å². The first-order valence-electron chi connectivity index (χ1n) is 7.15. The molecule has 110 valence electrons. The number of hydrogen-bond donors (Lipinski definition) is 1. The molecule has 2 rings (SSSR count). The van der Waals surface area contributed by atoms with Gasteiger partial charge in [-0.25, -0.2) is 0 Å². The van der Waals surface area contributed by atoms with Gasteiger partial charge in [0.25, 0.3) is 0 Å². The van der Waals surface area contributed by atoms with E-state index >= 15 is 0 Å². The maximum Gasteiger partial charge on any atom is 0.104 e. The Kier molecular flexibility index (Phi) is 5.41. The van der Waals surface area contributed by atoms with Gasteiger partial charge in [0.1, 0.15) is 4.99 Å². The van der Waals surface area contributed by atoms with Crippen LogP contribution in [-0.4, -0.2) is 42.1 Å². The molecule has 0 spiro atoms. The molecule has 0 amide bonds. The second-order valence-corrected chi connectivity index (χ2v) is 6.43. The summed E-state index contributed by atoms with van der Waals surface area (Å²) in [5.41, 5.74) is 7.82. The molecule has 1 fully saturated rings. The number of thiocarbonyl (C=S) groups is 1. The summed E-state index contributed by atoms with van der Waals surface area (Å²) in [6.45, 7) is 8.91. The van der Waals surface area contributed by atoms with Crippen molar-refractivity contribution in [3.05, 3.63) is 28.2 Å². The maximum atomic E-state index is 5.67. The highest BCUT2D eigenvalue weighted by Gasteiger charge is 2.27. The van der Waals surface area contributed by atoms with Crippen molar-refractivity contribution in [2.75, 3.05) is 31.1 Å². The lowest BCUT2D eigenvalue weighted by atomic mass is 10.2. The molecular weight excluding hydrogens is 334 g/mol. The van der Waals surface area contributed by atoms with Gasteiger partial charge in [-0.2, -0.15) is 0 Å². The first-order valence-corrected chi connectivity index (χ1v) is 8.35. The van der Waals surface area contributed by atoms with Crippen LogP contribution < -0.4 is 10.6 Å². The molecule has 1 aromatic rings. The number of nitrogens with two attached hydrogens (primary N) is 1. The van der Waals surface area contributed by atoms with Crippen LogP contribution in [0.2, 0.25) is 0 Å². The van der Waals surface area contributed by atoms with Gasteiger partial charge in [0.2, 0.25) is 0 Å². The van der Waals surface area contributed by atoms with Gasteiger partial charge in [-0.15, -0.1) is 0 Å². The Morgan fingerprint density at radius 1 is 1.45 bits per heavy atom. The van der Waals surface area contributed by atoms with E-state index in [1.807, 2.05) is 12.1 Å². The van der Waals surface area contributed by atoms with E-state index in [2.05, 4.69) is 45.6 Å². The predicted molar refractivity (Wildman–Crippen MR) is 93.6 cm³/mol. The average molecular weight is 356 g/mol. The number of benzene rings is 1. The fraction of sp³-hybridized carbons (Fsp3) is 0.533. The minimum Gasteiger partial charge on any atom is -0.389 e. The number of anilines is 1. The number of rotatable bonds is 5. The van der Waals surface area contributed by atoms with Crippen LogP contribution in [0, 0.1) is 0 Å². The van der Waals surface area contributed by atoms with E-state index in [9.17, 15) is 0 Å². The lowest BCUT2D eigenvalue weighted by Gasteiger charge is -2.27. The molecule has 0 saturated carbocycles. The number of hydrogen-bond acceptors (Lipinski definition) is 3. The Hall–Kier alpha value is -0.650. The molecule has 1 aromatic carbocycles. The van der Waals surface area contributed by atoms with Crippen LogP contribution in [0.15, 0.2) is 22.7 Å². The molecule has 0 aromatic heterocycles. The van der Waals surface area contributed by atoms with Crippen molar-refractivity contribution in [3.8, 4) is 0 Å². The Bertz CT molecular complexity index is 488. The molecule has 1 heterocycles. The van der Waals surface area contributed by atoms with Crippen molar-refractivity contribution < 1.29 is 0 Å². The van der Waals surface area contributed by atoms with Crippen LogP contribution in [0.3, 0.4) is 0 Å². The number of nitrogens with zero attached hydrogens (tertiary/aromatic N) is 2. The number of likely N-dealkylation sites (N-methyl/N-ethyl adjacent to an activating group) is 1. The molecule has 0 radical (unpaired) electrons. The van der Waals surface area contributed by atoms with Crippen LogP contribution in [0.1, 0.15) is 25.8 Å². The van der Waals surface area contributed by atoms with Crippen molar-refractivity contribution in [2.45, 2.75) is 26.3 Å². The topological polar surface area (TPSA) is 32.5 Å². The van der Waals surface area contributed by atoms with Crippen molar-refractivity contribution in [3.63, 3.8) is 0 Å². The van der Waals surface area contributed by atoms with E-state index in [-0.39, 0.29) is 0 Å². The zero-order valence-electron chi connectivity index (χ0n) is 12.1. The summed E-state index contributed by atoms with van der Waals surface area (Å²) in [4.78, 5) is 5.42. The lowest BCUT2D eigenvalue weighted by Crippen LogP contribution is -2.37. The van der Waals surface area contributed by atoms with Gasteiger partial charge >= 0.3 is 0 Å². The summed E-state index contributed by atoms with van der Waals surface area (Å²) >= 11 is 8.67. The van der Waals surface area contributed by atoms with Crippen molar-refractivity contribution in [1.82, 2.24) is 4.90 Å². The van der Waals surface area contributed by atoms with Gasteiger partial charge in [-0.1, -0.05) is 26.1 Å². The molecule has 20 heavy (non-hydrogen) atoms. The minimum atomic E-state index is 0.444. The lowest BCUT2D eigenvalue weighted by molar-refractivity contribution is 0.232. The predicted octanol–water partition coefficient (Wildman–Crippen LogP) is 3.00. The smallest absolute Gasteiger partial charge is 0.104 e. The zero-order valence-corrected chi connectivity index (χ0v) is 14.5. The third-order valence-corrected chi connectivity index (χ3v) is 4.94. The molecule has 2 N–H and O–H groups in total. The van der Waals surface area contributed by atoms with Gasteiger partial charge in [0.05, 0.1) is 5.69 Å². The highest BCUT2D eigenvalue weighted by atomic mass is 79.9. The molecule has 5 heteroatoms. The Balaban J connectivity index is 2.12. The van der Waals surface area contributed by atoms with Crippen molar-refractivity contribution in [2.24, 2.45) is 5.73 Å². The van der Waals surface area contributed by atoms with Crippen LogP contribution in [0.4, 0.5) is 5.69 Å². The highest BCUT2D eigenvalue weighted by Crippen LogP contribution is 2.31. The summed E-state index contributed by atoms with van der Waals surface area (Å²) in [5.74, 6) is 0. The van der Waals surface area contributed by atoms with Crippen LogP contribution >= 0.6 is 28.1 Å². The van der Waals surface area contributed by atoms with Gasteiger partial charge in [-0.3, -0.25) is 4.90 Å². The summed E-state index contributed by atoms with van der Waals surface area (Å²) in [6, 6.07) is 6.80. The molecule has 3 nitrogen and oxygen atoms in total. The minimum absolute atomic E-state index is 0.444. The molecule has 1 aliphatic heterocycles. The largest absolute Gasteiger partial charge is 0.389 e. The Morgan fingerprint density at radius 2 is 2.15 bits per heavy atom. The van der Waals surface area contributed by atoms with Crippen molar-refractivity contribution in [1.29, 1.82) is 0 Å². The fourth-order valence-electron chi connectivity index (χ4n) is 2.92. The first-order chi connectivity index (χ1) is 9.56. The van der Waals surface area contributed by atoms with Gasteiger partial charge < -0.3 is 10.6 Å². The van der Waals surface area contributed by atoms with E-state index in [0.29, 0.717) is 11.0 Å². The van der Waals surface area contributed by atoms with Gasteiger partial charge in [0, 0.05) is 29.2 Å². The SMILES string of the molecule is CCN(CC)C1CCN(c2ccc(C(N)=S)cc2Br)C1. The second-order valence-electron chi connectivity index (χ2n) is 5.14. The van der Waals surface area contributed by atoms with E-state index in [1.165, 1.54) is 12.1 Å². The summed E-state index contributed by atoms with van der Waals surface area (Å²) in [7, 11) is 0. The standard InChI is InChI=1S/C15H22BrN3S/c1-3-18(4-2)12-7-8-19(10-12)14-6-5-11(15(17)20)9-13(14)16/h5-6,9,12H,3-4,7-8,10H2,1-2H3,(H2,17,20). The maximum absolute atomic E-state index is 5.67. The molecule has 1 unspecified atom stereocenters. The van der Waals surface area contributed by atoms with Gasteiger partial charge in [0.15, 0.2) is 0 Å². The van der Waals surface area contributed by atoms with Crippen molar-refractivity contribution >= 4 is 38.8 Å². The highest BCUT2D eigenvalue weighted by molar-refractivity contribution is 9.10. The van der Waals surface area contributed by atoms with E-state index in [4.69, 9.17) is 18.0 Å². The molecule has 1 aliphatic rings. The van der Waals surface area contributed by atoms with Crippen LogP contribution in [0.25, 0.3) is 0 Å². The van der Waals surface area contributed by atoms with Crippen LogP contribution in [-0.2, 0) is 0 Å². The fourth-order valence-corrected chi connectivity index (χ4v) is 3.67. The van der Waals surface area contributed by atoms with E-state index < -0.39 is 0 Å². The third kappa shape index (κ3) is 3.32. The summed E-state index contributed by atoms with van der Waals surface area (Å²) in [6.07, 6.45) is 1.23. The summed E-state index contributed by atoms with van der Waals surface area (Å²) < 4.78 is 1.07. The molecule has 0 aliphatic carbocycles. The Morgan fingerprint density at radius 3 is 2.70 bits per heavy atom. The summed E-state index contributed by atoms with van der Waals surface area (Å²) in [5, 5.41) is 0. The molecule has 0 bridgehead atoms. The molecule has 1 atom stereocenters.